The van der Waals surface area contributed by atoms with Crippen LogP contribution in [0.2, 0.25) is 0 Å². The summed E-state index contributed by atoms with van der Waals surface area (Å²) in [5.41, 5.74) is 8.90. The molecule has 2 aromatic rings. The smallest absolute Gasteiger partial charge is 0.182 e. The second kappa shape index (κ2) is 11.2. The van der Waals surface area contributed by atoms with Crippen LogP contribution in [0.5, 0.6) is 0 Å². The van der Waals surface area contributed by atoms with Crippen molar-refractivity contribution in [1.82, 2.24) is 4.67 Å². The van der Waals surface area contributed by atoms with E-state index >= 15 is 0 Å². The molecular formula is C31H50N3P. The summed E-state index contributed by atoms with van der Waals surface area (Å²) in [6.45, 7) is 29.2. The van der Waals surface area contributed by atoms with E-state index in [2.05, 4.69) is 133 Å². The molecule has 0 spiro atoms. The molecule has 3 nitrogen and oxygen atoms in total. The first-order valence-corrected chi connectivity index (χ1v) is 15.0. The monoisotopic (exact) mass is 495 g/mol. The minimum atomic E-state index is -0.683. The fraction of sp³-hybridized carbons (Fsp3) is 0.613. The van der Waals surface area contributed by atoms with Crippen molar-refractivity contribution >= 4 is 19.7 Å². The summed E-state index contributed by atoms with van der Waals surface area (Å²) in [5.74, 6) is 1.98. The molecule has 0 amide bonds. The second-order valence-electron chi connectivity index (χ2n) is 12.0. The van der Waals surface area contributed by atoms with Gasteiger partial charge in [0.15, 0.2) is 8.37 Å². The Kier molecular flexibility index (Phi) is 8.98. The van der Waals surface area contributed by atoms with Gasteiger partial charge in [0.25, 0.3) is 0 Å². The minimum Gasteiger partial charge on any atom is -0.302 e. The Morgan fingerprint density at radius 1 is 0.543 bits per heavy atom. The predicted octanol–water partition coefficient (Wildman–Crippen LogP) is 9.81. The second-order valence-corrected chi connectivity index (χ2v) is 13.9. The maximum atomic E-state index is 2.77. The van der Waals surface area contributed by atoms with Crippen LogP contribution < -0.4 is 9.34 Å². The SMILES string of the molecule is CC(C)c1cccc(C(C)C)c1N1CN(c2c(C(C)C)cccc2C(C)C)P1N(C(C)C)C(C)C. The Morgan fingerprint density at radius 2 is 0.829 bits per heavy atom. The third kappa shape index (κ3) is 5.42. The summed E-state index contributed by atoms with van der Waals surface area (Å²) >= 11 is 0. The van der Waals surface area contributed by atoms with Gasteiger partial charge >= 0.3 is 0 Å². The van der Waals surface area contributed by atoms with E-state index in [0.29, 0.717) is 35.8 Å². The van der Waals surface area contributed by atoms with E-state index in [1.165, 1.54) is 33.6 Å². The molecule has 0 saturated carbocycles. The van der Waals surface area contributed by atoms with Crippen molar-refractivity contribution in [3.05, 3.63) is 58.7 Å². The average molecular weight is 496 g/mol. The molecular weight excluding hydrogens is 445 g/mol. The molecule has 35 heavy (non-hydrogen) atoms. The molecule has 4 heteroatoms. The van der Waals surface area contributed by atoms with E-state index < -0.39 is 8.37 Å². The van der Waals surface area contributed by atoms with Gasteiger partial charge < -0.3 is 9.34 Å². The Labute approximate surface area is 217 Å². The molecule has 3 rings (SSSR count). The molecule has 2 aromatic carbocycles. The first kappa shape index (κ1) is 28.0. The highest BCUT2D eigenvalue weighted by molar-refractivity contribution is 7.60. The van der Waals surface area contributed by atoms with Gasteiger partial charge in [0.2, 0.25) is 0 Å². The third-order valence-corrected chi connectivity index (χ3v) is 10.0. The van der Waals surface area contributed by atoms with Crippen molar-refractivity contribution in [1.29, 1.82) is 0 Å². The van der Waals surface area contributed by atoms with Crippen molar-refractivity contribution in [2.75, 3.05) is 16.0 Å². The van der Waals surface area contributed by atoms with Crippen LogP contribution in [0, 0.1) is 0 Å². The van der Waals surface area contributed by atoms with Crippen molar-refractivity contribution in [3.63, 3.8) is 0 Å². The van der Waals surface area contributed by atoms with Crippen molar-refractivity contribution in [2.24, 2.45) is 0 Å². The number of para-hydroxylation sites is 2. The van der Waals surface area contributed by atoms with Gasteiger partial charge in [0.05, 0.1) is 11.4 Å². The van der Waals surface area contributed by atoms with Gasteiger partial charge in [0.1, 0.15) is 6.67 Å². The normalized spacial score (nSPS) is 15.2. The maximum absolute atomic E-state index is 2.77. The number of anilines is 2. The van der Waals surface area contributed by atoms with Gasteiger partial charge in [-0.3, -0.25) is 0 Å². The summed E-state index contributed by atoms with van der Waals surface area (Å²) in [6.07, 6.45) is 0. The highest BCUT2D eigenvalue weighted by Crippen LogP contribution is 2.64. The molecule has 0 radical (unpaired) electrons. The summed E-state index contributed by atoms with van der Waals surface area (Å²) in [6, 6.07) is 14.9. The zero-order chi connectivity index (χ0) is 26.2. The van der Waals surface area contributed by atoms with E-state index in [0.717, 1.165) is 6.67 Å². The van der Waals surface area contributed by atoms with Gasteiger partial charge in [-0.15, -0.1) is 0 Å². The van der Waals surface area contributed by atoms with Crippen LogP contribution in [0.1, 0.15) is 129 Å². The fourth-order valence-electron chi connectivity index (χ4n) is 5.50. The molecule has 194 valence electrons. The van der Waals surface area contributed by atoms with Gasteiger partial charge in [-0.1, -0.05) is 91.8 Å². The Bertz CT molecular complexity index is 863. The van der Waals surface area contributed by atoms with Crippen LogP contribution in [0.15, 0.2) is 36.4 Å². The zero-order valence-corrected chi connectivity index (χ0v) is 25.3. The molecule has 1 fully saturated rings. The number of hydrogen-bond acceptors (Lipinski definition) is 3. The Balaban J connectivity index is 2.26. The lowest BCUT2D eigenvalue weighted by atomic mass is 9.92. The van der Waals surface area contributed by atoms with Crippen molar-refractivity contribution in [3.8, 4) is 0 Å². The highest BCUT2D eigenvalue weighted by Gasteiger charge is 2.47. The van der Waals surface area contributed by atoms with Crippen LogP contribution in [0.25, 0.3) is 0 Å². The molecule has 1 saturated heterocycles. The molecule has 0 aliphatic carbocycles. The maximum Gasteiger partial charge on any atom is 0.182 e. The van der Waals surface area contributed by atoms with E-state index in [4.69, 9.17) is 0 Å². The topological polar surface area (TPSA) is 9.72 Å². The molecule has 0 N–H and O–H groups in total. The first-order chi connectivity index (χ1) is 16.4. The molecule has 0 unspecified atom stereocenters. The summed E-state index contributed by atoms with van der Waals surface area (Å²) in [5, 5.41) is 0. The van der Waals surface area contributed by atoms with Crippen LogP contribution in [0.3, 0.4) is 0 Å². The van der Waals surface area contributed by atoms with Crippen molar-refractivity contribution in [2.45, 2.75) is 119 Å². The van der Waals surface area contributed by atoms with Crippen LogP contribution >= 0.6 is 8.37 Å². The average Bonchev–Trinajstić information content (AvgIpc) is 2.75. The Morgan fingerprint density at radius 3 is 1.06 bits per heavy atom. The van der Waals surface area contributed by atoms with Crippen LogP contribution in [-0.4, -0.2) is 23.4 Å². The van der Waals surface area contributed by atoms with Gasteiger partial charge in [-0.25, -0.2) is 4.67 Å². The van der Waals surface area contributed by atoms with Crippen LogP contribution in [-0.2, 0) is 0 Å². The first-order valence-electron chi connectivity index (χ1n) is 13.8. The molecule has 0 aromatic heterocycles. The lowest BCUT2D eigenvalue weighted by Gasteiger charge is -2.59. The largest absolute Gasteiger partial charge is 0.302 e. The molecule has 1 heterocycles. The lowest BCUT2D eigenvalue weighted by molar-refractivity contribution is 0.315. The Hall–Kier alpha value is -1.57. The molecule has 1 aliphatic rings. The standard InChI is InChI=1S/C31H50N3P/c1-20(2)26-15-13-16-27(21(3)4)30(26)32-19-33(35(32)34(24(9)10)25(11)12)31-28(22(5)6)17-14-18-29(31)23(7)8/h13-18,20-25H,19H2,1-12H3. The van der Waals surface area contributed by atoms with Gasteiger partial charge in [-0.05, 0) is 73.6 Å². The molecule has 0 atom stereocenters. The van der Waals surface area contributed by atoms with Crippen LogP contribution in [0.4, 0.5) is 11.4 Å². The number of benzene rings is 2. The van der Waals surface area contributed by atoms with Gasteiger partial charge in [-0.2, -0.15) is 0 Å². The van der Waals surface area contributed by atoms with E-state index in [-0.39, 0.29) is 0 Å². The summed E-state index contributed by atoms with van der Waals surface area (Å²) < 4.78 is 8.30. The van der Waals surface area contributed by atoms with Crippen molar-refractivity contribution < 1.29 is 0 Å². The quantitative estimate of drug-likeness (QED) is 0.320. The lowest BCUT2D eigenvalue weighted by Crippen LogP contribution is -2.56. The number of hydrogen-bond donors (Lipinski definition) is 0. The molecule has 0 bridgehead atoms. The third-order valence-electron chi connectivity index (χ3n) is 7.17. The predicted molar refractivity (Wildman–Crippen MR) is 158 cm³/mol. The number of nitrogens with zero attached hydrogens (tertiary/aromatic N) is 3. The summed E-state index contributed by atoms with van der Waals surface area (Å²) in [4.78, 5) is 0. The molecule has 1 aliphatic heterocycles. The van der Waals surface area contributed by atoms with E-state index in [1.54, 1.807) is 0 Å². The van der Waals surface area contributed by atoms with E-state index in [9.17, 15) is 0 Å². The summed E-state index contributed by atoms with van der Waals surface area (Å²) in [7, 11) is -0.683. The van der Waals surface area contributed by atoms with Gasteiger partial charge in [0, 0.05) is 12.1 Å². The zero-order valence-electron chi connectivity index (χ0n) is 24.4. The fourth-order valence-corrected chi connectivity index (χ4v) is 8.18. The van der Waals surface area contributed by atoms with E-state index in [1.807, 2.05) is 0 Å². The highest BCUT2D eigenvalue weighted by atomic mass is 31.2. The minimum absolute atomic E-state index is 0.467. The number of rotatable bonds is 9.